The number of fused-ring (bicyclic) bond motifs is 1. The molecule has 4 rings (SSSR count). The minimum absolute atomic E-state index is 0.0348. The Morgan fingerprint density at radius 2 is 2.13 bits per heavy atom. The molecule has 2 aromatic heterocycles. The monoisotopic (exact) mass is 312 g/mol. The first-order chi connectivity index (χ1) is 11.3. The second kappa shape index (κ2) is 6.12. The van der Waals surface area contributed by atoms with Gasteiger partial charge in [0.2, 0.25) is 0 Å². The van der Waals surface area contributed by atoms with Gasteiger partial charge in [-0.1, -0.05) is 0 Å². The zero-order chi connectivity index (χ0) is 15.6. The highest BCUT2D eigenvalue weighted by atomic mass is 16.5. The fourth-order valence-corrected chi connectivity index (χ4v) is 3.55. The lowest BCUT2D eigenvalue weighted by molar-refractivity contribution is -0.00956. The molecule has 6 heteroatoms. The number of aryl methyl sites for hydroxylation is 1. The van der Waals surface area contributed by atoms with Gasteiger partial charge in [-0.05, 0) is 49.8 Å². The van der Waals surface area contributed by atoms with Crippen molar-refractivity contribution in [3.63, 3.8) is 0 Å². The third-order valence-electron chi connectivity index (χ3n) is 4.69. The van der Waals surface area contributed by atoms with E-state index >= 15 is 0 Å². The summed E-state index contributed by atoms with van der Waals surface area (Å²) in [6.07, 6.45) is 8.26. The highest BCUT2D eigenvalue weighted by Crippen LogP contribution is 2.29. The number of carbonyl (C=O) groups excluding carboxylic acids is 1. The van der Waals surface area contributed by atoms with Crippen molar-refractivity contribution in [1.29, 1.82) is 0 Å². The number of nitrogens with one attached hydrogen (secondary N) is 2. The molecule has 2 aliphatic rings. The maximum absolute atomic E-state index is 12.6. The third-order valence-corrected chi connectivity index (χ3v) is 4.69. The Morgan fingerprint density at radius 3 is 3.00 bits per heavy atom. The summed E-state index contributed by atoms with van der Waals surface area (Å²) in [6, 6.07) is 3.86. The van der Waals surface area contributed by atoms with Gasteiger partial charge in [-0.2, -0.15) is 5.10 Å². The number of hydrogen-bond donors (Lipinski definition) is 2. The normalized spacial score (nSPS) is 23.5. The van der Waals surface area contributed by atoms with E-state index in [1.807, 2.05) is 12.1 Å². The van der Waals surface area contributed by atoms with Crippen LogP contribution in [0.15, 0.2) is 24.5 Å². The van der Waals surface area contributed by atoms with Gasteiger partial charge in [0.15, 0.2) is 5.69 Å². The van der Waals surface area contributed by atoms with Gasteiger partial charge in [-0.25, -0.2) is 0 Å². The van der Waals surface area contributed by atoms with Crippen molar-refractivity contribution in [2.45, 2.75) is 44.2 Å². The van der Waals surface area contributed by atoms with Crippen LogP contribution in [0.5, 0.6) is 0 Å². The molecular weight excluding hydrogens is 292 g/mol. The van der Waals surface area contributed by atoms with E-state index in [1.165, 1.54) is 0 Å². The zero-order valence-electron chi connectivity index (χ0n) is 12.9. The Balaban J connectivity index is 1.53. The van der Waals surface area contributed by atoms with E-state index in [-0.39, 0.29) is 18.1 Å². The summed E-state index contributed by atoms with van der Waals surface area (Å²) in [5.41, 5.74) is 3.80. The molecule has 2 N–H and O–H groups in total. The average Bonchev–Trinajstić information content (AvgIpc) is 3.19. The standard InChI is InChI=1S/C17H20N4O2/c22-17(15-12-3-1-4-13(12)20-21-15)19-14-5-2-10-23-16(14)11-6-8-18-9-7-11/h6-9,14,16H,1-5,10H2,(H,19,22)(H,20,21)/t14-,16+/m0/s1. The molecule has 1 aliphatic heterocycles. The Kier molecular flexibility index (Phi) is 3.83. The van der Waals surface area contributed by atoms with Gasteiger partial charge in [0.25, 0.3) is 5.91 Å². The summed E-state index contributed by atoms with van der Waals surface area (Å²) < 4.78 is 5.92. The van der Waals surface area contributed by atoms with E-state index < -0.39 is 0 Å². The number of ether oxygens (including phenoxy) is 1. The van der Waals surface area contributed by atoms with E-state index in [4.69, 9.17) is 4.74 Å². The van der Waals surface area contributed by atoms with Crippen LogP contribution in [0.2, 0.25) is 0 Å². The fourth-order valence-electron chi connectivity index (χ4n) is 3.55. The largest absolute Gasteiger partial charge is 0.371 e. The van der Waals surface area contributed by atoms with Crippen molar-refractivity contribution < 1.29 is 9.53 Å². The predicted molar refractivity (Wildman–Crippen MR) is 84.0 cm³/mol. The molecular formula is C17H20N4O2. The van der Waals surface area contributed by atoms with Crippen molar-refractivity contribution in [2.24, 2.45) is 0 Å². The molecule has 2 atom stereocenters. The fraction of sp³-hybridized carbons (Fsp3) is 0.471. The molecule has 0 unspecified atom stereocenters. The summed E-state index contributed by atoms with van der Waals surface area (Å²) in [5, 5.41) is 10.3. The first-order valence-corrected chi connectivity index (χ1v) is 8.21. The first kappa shape index (κ1) is 14.4. The molecule has 0 radical (unpaired) electrons. The Hall–Kier alpha value is -2.21. The maximum Gasteiger partial charge on any atom is 0.272 e. The van der Waals surface area contributed by atoms with E-state index in [0.717, 1.165) is 55.5 Å². The molecule has 120 valence electrons. The molecule has 3 heterocycles. The first-order valence-electron chi connectivity index (χ1n) is 8.21. The topological polar surface area (TPSA) is 79.9 Å². The van der Waals surface area contributed by atoms with Crippen LogP contribution in [0.1, 0.15) is 52.7 Å². The predicted octanol–water partition coefficient (Wildman–Crippen LogP) is 1.94. The van der Waals surface area contributed by atoms with Crippen molar-refractivity contribution >= 4 is 5.91 Å². The number of H-pyrrole nitrogens is 1. The smallest absolute Gasteiger partial charge is 0.272 e. The van der Waals surface area contributed by atoms with Crippen LogP contribution in [0, 0.1) is 0 Å². The number of hydrogen-bond acceptors (Lipinski definition) is 4. The lowest BCUT2D eigenvalue weighted by Gasteiger charge is -2.32. The van der Waals surface area contributed by atoms with Crippen LogP contribution in [-0.2, 0) is 17.6 Å². The maximum atomic E-state index is 12.6. The number of amides is 1. The summed E-state index contributed by atoms with van der Waals surface area (Å²) in [4.78, 5) is 16.7. The Labute approximate surface area is 134 Å². The van der Waals surface area contributed by atoms with Crippen LogP contribution < -0.4 is 5.32 Å². The van der Waals surface area contributed by atoms with Crippen molar-refractivity contribution in [3.8, 4) is 0 Å². The van der Waals surface area contributed by atoms with Crippen molar-refractivity contribution in [2.75, 3.05) is 6.61 Å². The highest BCUT2D eigenvalue weighted by molar-refractivity contribution is 5.94. The molecule has 23 heavy (non-hydrogen) atoms. The lowest BCUT2D eigenvalue weighted by Crippen LogP contribution is -2.43. The van der Waals surface area contributed by atoms with Gasteiger partial charge in [-0.3, -0.25) is 14.9 Å². The van der Waals surface area contributed by atoms with Crippen LogP contribution in [0.4, 0.5) is 0 Å². The number of carbonyl (C=O) groups is 1. The van der Waals surface area contributed by atoms with Gasteiger partial charge in [0, 0.05) is 30.3 Å². The Bertz CT molecular complexity index is 698. The quantitative estimate of drug-likeness (QED) is 0.908. The third kappa shape index (κ3) is 2.74. The minimum Gasteiger partial charge on any atom is -0.371 e. The number of rotatable bonds is 3. The highest BCUT2D eigenvalue weighted by Gasteiger charge is 2.31. The summed E-state index contributed by atoms with van der Waals surface area (Å²) in [7, 11) is 0. The molecule has 0 aromatic carbocycles. The molecule has 0 spiro atoms. The van der Waals surface area contributed by atoms with Gasteiger partial charge in [0.1, 0.15) is 6.10 Å². The molecule has 2 aromatic rings. The SMILES string of the molecule is O=C(N[C@H]1CCCO[C@@H]1c1ccncc1)c1n[nH]c2c1CCC2. The average molecular weight is 312 g/mol. The van der Waals surface area contributed by atoms with E-state index in [2.05, 4.69) is 20.5 Å². The molecule has 1 saturated heterocycles. The summed E-state index contributed by atoms with van der Waals surface area (Å²) in [6.45, 7) is 0.719. The van der Waals surface area contributed by atoms with Crippen molar-refractivity contribution in [1.82, 2.24) is 20.5 Å². The van der Waals surface area contributed by atoms with E-state index in [1.54, 1.807) is 12.4 Å². The van der Waals surface area contributed by atoms with Gasteiger partial charge in [-0.15, -0.1) is 0 Å². The van der Waals surface area contributed by atoms with Crippen LogP contribution >= 0.6 is 0 Å². The lowest BCUT2D eigenvalue weighted by atomic mass is 9.96. The van der Waals surface area contributed by atoms with E-state index in [9.17, 15) is 4.79 Å². The van der Waals surface area contributed by atoms with Crippen LogP contribution in [0.3, 0.4) is 0 Å². The van der Waals surface area contributed by atoms with E-state index in [0.29, 0.717) is 5.69 Å². The molecule has 0 bridgehead atoms. The number of aromatic amines is 1. The second-order valence-electron chi connectivity index (χ2n) is 6.18. The molecule has 0 saturated carbocycles. The van der Waals surface area contributed by atoms with Crippen LogP contribution in [0.25, 0.3) is 0 Å². The zero-order valence-corrected chi connectivity index (χ0v) is 12.9. The molecule has 1 fully saturated rings. The van der Waals surface area contributed by atoms with Gasteiger partial charge in [0.05, 0.1) is 6.04 Å². The summed E-state index contributed by atoms with van der Waals surface area (Å²) >= 11 is 0. The van der Waals surface area contributed by atoms with Gasteiger partial charge < -0.3 is 10.1 Å². The van der Waals surface area contributed by atoms with Gasteiger partial charge >= 0.3 is 0 Å². The number of nitrogens with zero attached hydrogens (tertiary/aromatic N) is 2. The number of aromatic nitrogens is 3. The van der Waals surface area contributed by atoms with Crippen LogP contribution in [-0.4, -0.2) is 33.7 Å². The molecule has 1 amide bonds. The summed E-state index contributed by atoms with van der Waals surface area (Å²) in [5.74, 6) is -0.0982. The Morgan fingerprint density at radius 1 is 1.26 bits per heavy atom. The van der Waals surface area contributed by atoms with Crippen molar-refractivity contribution in [3.05, 3.63) is 47.0 Å². The molecule has 6 nitrogen and oxygen atoms in total. The number of pyridine rings is 1. The minimum atomic E-state index is -0.123. The molecule has 1 aliphatic carbocycles. The second-order valence-corrected chi connectivity index (χ2v) is 6.18.